The minimum Gasteiger partial charge on any atom is -0.372 e. The lowest BCUT2D eigenvalue weighted by molar-refractivity contribution is -0.137. The lowest BCUT2D eigenvalue weighted by Gasteiger charge is -2.43. The van der Waals surface area contributed by atoms with Crippen molar-refractivity contribution in [1.29, 1.82) is 5.26 Å². The number of fused-ring (bicyclic) bond motifs is 1. The molecular formula is C35H38F3N5O. The molecule has 0 unspecified atom stereocenters. The molecule has 1 aliphatic heterocycles. The number of piperidine rings is 1. The number of aromatic nitrogens is 2. The number of para-hydroxylation sites is 2. The van der Waals surface area contributed by atoms with Gasteiger partial charge in [-0.3, -0.25) is 14.0 Å². The second-order valence-corrected chi connectivity index (χ2v) is 12.5. The third-order valence-corrected chi connectivity index (χ3v) is 9.46. The molecule has 4 aromatic rings. The van der Waals surface area contributed by atoms with Crippen molar-refractivity contribution in [2.75, 3.05) is 24.5 Å². The highest BCUT2D eigenvalue weighted by Crippen LogP contribution is 2.34. The molecule has 0 bridgehead atoms. The van der Waals surface area contributed by atoms with Crippen molar-refractivity contribution < 1.29 is 13.2 Å². The van der Waals surface area contributed by atoms with E-state index in [1.165, 1.54) is 55.0 Å². The van der Waals surface area contributed by atoms with Gasteiger partial charge in [-0.15, -0.1) is 0 Å². The molecule has 0 amide bonds. The molecule has 2 heterocycles. The molecule has 1 saturated carbocycles. The Labute approximate surface area is 255 Å². The maximum atomic E-state index is 13.7. The number of anilines is 1. The molecule has 9 heteroatoms. The summed E-state index contributed by atoms with van der Waals surface area (Å²) in [7, 11) is 0. The predicted octanol–water partition coefficient (Wildman–Crippen LogP) is 7.21. The number of hydrogen-bond donors (Lipinski definition) is 0. The third kappa shape index (κ3) is 5.88. The molecular weight excluding hydrogens is 563 g/mol. The van der Waals surface area contributed by atoms with E-state index in [9.17, 15) is 23.2 Å². The minimum atomic E-state index is -4.72. The van der Waals surface area contributed by atoms with Gasteiger partial charge >= 0.3 is 11.9 Å². The summed E-state index contributed by atoms with van der Waals surface area (Å²) in [6.07, 6.45) is 1.67. The molecule has 3 aromatic carbocycles. The molecule has 1 aliphatic carbocycles. The van der Waals surface area contributed by atoms with Gasteiger partial charge in [-0.1, -0.05) is 30.7 Å². The second kappa shape index (κ2) is 12.2. The zero-order valence-electron chi connectivity index (χ0n) is 25.2. The van der Waals surface area contributed by atoms with Crippen LogP contribution in [0.3, 0.4) is 0 Å². The molecule has 0 radical (unpaired) electrons. The van der Waals surface area contributed by atoms with Gasteiger partial charge in [0.15, 0.2) is 0 Å². The Morgan fingerprint density at radius 2 is 1.59 bits per heavy atom. The smallest absolute Gasteiger partial charge is 0.372 e. The van der Waals surface area contributed by atoms with Crippen LogP contribution in [0, 0.1) is 17.2 Å². The second-order valence-electron chi connectivity index (χ2n) is 12.5. The molecule has 1 aromatic heterocycles. The molecule has 2 aliphatic rings. The van der Waals surface area contributed by atoms with Gasteiger partial charge in [0.1, 0.15) is 0 Å². The first-order valence-corrected chi connectivity index (χ1v) is 15.6. The van der Waals surface area contributed by atoms with E-state index in [-0.39, 0.29) is 12.2 Å². The van der Waals surface area contributed by atoms with Crippen molar-refractivity contribution in [2.24, 2.45) is 5.92 Å². The third-order valence-electron chi connectivity index (χ3n) is 9.46. The lowest BCUT2D eigenvalue weighted by Crippen LogP contribution is -2.48. The van der Waals surface area contributed by atoms with Crippen molar-refractivity contribution in [1.82, 2.24) is 14.0 Å². The van der Waals surface area contributed by atoms with Crippen molar-refractivity contribution >= 4 is 16.7 Å². The zero-order valence-corrected chi connectivity index (χ0v) is 25.2. The van der Waals surface area contributed by atoms with Crippen LogP contribution in [-0.4, -0.2) is 45.8 Å². The van der Waals surface area contributed by atoms with Crippen LogP contribution in [0.5, 0.6) is 0 Å². The van der Waals surface area contributed by atoms with Crippen LogP contribution in [0.2, 0.25) is 0 Å². The Morgan fingerprint density at radius 3 is 2.18 bits per heavy atom. The summed E-state index contributed by atoms with van der Waals surface area (Å²) in [5.41, 5.74) is 1.32. The number of rotatable bonds is 8. The molecule has 0 spiro atoms. The van der Waals surface area contributed by atoms with Crippen molar-refractivity contribution in [3.05, 3.63) is 93.9 Å². The summed E-state index contributed by atoms with van der Waals surface area (Å²) >= 11 is 0. The average Bonchev–Trinajstić information content (AvgIpc) is 3.26. The number of nitriles is 1. The van der Waals surface area contributed by atoms with Crippen molar-refractivity contribution in [2.45, 2.75) is 70.8 Å². The first-order valence-electron chi connectivity index (χ1n) is 15.6. The van der Waals surface area contributed by atoms with E-state index in [1.54, 1.807) is 28.8 Å². The predicted molar refractivity (Wildman–Crippen MR) is 167 cm³/mol. The summed E-state index contributed by atoms with van der Waals surface area (Å²) in [5, 5.41) is 9.20. The number of nitrogens with zero attached hydrogens (tertiary/aromatic N) is 5. The lowest BCUT2D eigenvalue weighted by atomic mass is 9.88. The standard InChI is InChI=1S/C35H38F3N5O/c1-24(2)41(29-6-5-7-29)22-26-16-18-40(19-17-26)28-13-10-25(11-14-28)23-42-32-8-3-4-9-33(32)43(34(42)44)30-15-12-27(21-39)31(20-30)35(36,37)38/h3-4,8-15,20,24,26,29H,5-7,16-19,22-23H2,1-2H3. The van der Waals surface area contributed by atoms with Crippen LogP contribution in [0.25, 0.3) is 16.7 Å². The maximum absolute atomic E-state index is 13.7. The summed E-state index contributed by atoms with van der Waals surface area (Å²) in [6, 6.07) is 21.7. The largest absolute Gasteiger partial charge is 0.417 e. The van der Waals surface area contributed by atoms with E-state index in [2.05, 4.69) is 35.8 Å². The first-order chi connectivity index (χ1) is 21.1. The SMILES string of the molecule is CC(C)N(CC1CCN(c2ccc(Cn3c(=O)n(-c4ccc(C#N)c(C(F)(F)F)c4)c4ccccc43)cc2)CC1)C1CCC1. The summed E-state index contributed by atoms with van der Waals surface area (Å²) in [4.78, 5) is 18.9. The van der Waals surface area contributed by atoms with Crippen LogP contribution < -0.4 is 10.6 Å². The maximum Gasteiger partial charge on any atom is 0.417 e. The van der Waals surface area contributed by atoms with Gasteiger partial charge in [0, 0.05) is 37.4 Å². The minimum absolute atomic E-state index is 0.0687. The molecule has 2 fully saturated rings. The van der Waals surface area contributed by atoms with E-state index in [0.717, 1.165) is 42.7 Å². The van der Waals surface area contributed by atoms with Crippen LogP contribution in [0.4, 0.5) is 18.9 Å². The topological polar surface area (TPSA) is 57.2 Å². The molecule has 44 heavy (non-hydrogen) atoms. The molecule has 0 N–H and O–H groups in total. The Hall–Kier alpha value is -4.03. The molecule has 230 valence electrons. The number of hydrogen-bond acceptors (Lipinski definition) is 4. The Morgan fingerprint density at radius 1 is 0.932 bits per heavy atom. The van der Waals surface area contributed by atoms with E-state index in [1.807, 2.05) is 18.2 Å². The highest BCUT2D eigenvalue weighted by Gasteiger charge is 2.34. The summed E-state index contributed by atoms with van der Waals surface area (Å²) < 4.78 is 44.0. The highest BCUT2D eigenvalue weighted by atomic mass is 19.4. The first kappa shape index (κ1) is 30.0. The normalized spacial score (nSPS) is 16.5. The van der Waals surface area contributed by atoms with Gasteiger partial charge in [0.2, 0.25) is 0 Å². The van der Waals surface area contributed by atoms with Gasteiger partial charge in [0.05, 0.1) is 40.5 Å². The van der Waals surface area contributed by atoms with E-state index in [0.29, 0.717) is 17.1 Å². The van der Waals surface area contributed by atoms with Crippen LogP contribution >= 0.6 is 0 Å². The fourth-order valence-electron chi connectivity index (χ4n) is 6.78. The molecule has 6 nitrogen and oxygen atoms in total. The Bertz CT molecular complexity index is 1720. The van der Waals surface area contributed by atoms with Crippen molar-refractivity contribution in [3.63, 3.8) is 0 Å². The quantitative estimate of drug-likeness (QED) is 0.214. The number of halogens is 3. The van der Waals surface area contributed by atoms with Gasteiger partial charge in [0.25, 0.3) is 0 Å². The zero-order chi connectivity index (χ0) is 31.0. The highest BCUT2D eigenvalue weighted by molar-refractivity contribution is 5.78. The van der Waals surface area contributed by atoms with E-state index in [4.69, 9.17) is 0 Å². The van der Waals surface area contributed by atoms with Crippen LogP contribution in [0.1, 0.15) is 62.6 Å². The van der Waals surface area contributed by atoms with Gasteiger partial charge in [-0.2, -0.15) is 18.4 Å². The monoisotopic (exact) mass is 601 g/mol. The van der Waals surface area contributed by atoms with E-state index >= 15 is 0 Å². The molecule has 0 atom stereocenters. The van der Waals surface area contributed by atoms with Gasteiger partial charge in [-0.25, -0.2) is 4.79 Å². The summed E-state index contributed by atoms with van der Waals surface area (Å²) in [5.74, 6) is 0.723. The van der Waals surface area contributed by atoms with Crippen LogP contribution in [-0.2, 0) is 12.7 Å². The molecule has 6 rings (SSSR count). The fraction of sp³-hybridized carbons (Fsp3) is 0.429. The number of alkyl halides is 3. The summed E-state index contributed by atoms with van der Waals surface area (Å²) in [6.45, 7) is 8.16. The van der Waals surface area contributed by atoms with Crippen molar-refractivity contribution in [3.8, 4) is 11.8 Å². The molecule has 1 saturated heterocycles. The Balaban J connectivity index is 1.19. The number of benzene rings is 3. The number of imidazole rings is 1. The van der Waals surface area contributed by atoms with Gasteiger partial charge < -0.3 is 4.90 Å². The van der Waals surface area contributed by atoms with Gasteiger partial charge in [-0.05, 0) is 93.5 Å². The van der Waals surface area contributed by atoms with E-state index < -0.39 is 23.0 Å². The fourth-order valence-corrected chi connectivity index (χ4v) is 6.78. The van der Waals surface area contributed by atoms with Crippen LogP contribution in [0.15, 0.2) is 71.5 Å². The Kier molecular flexibility index (Phi) is 8.30. The average molecular weight is 602 g/mol.